The van der Waals surface area contributed by atoms with Gasteiger partial charge in [0.05, 0.1) is 17.4 Å². The summed E-state index contributed by atoms with van der Waals surface area (Å²) in [6.45, 7) is 6.16. The van der Waals surface area contributed by atoms with Crippen molar-refractivity contribution in [2.75, 3.05) is 10.6 Å². The second-order valence-electron chi connectivity index (χ2n) is 6.84. The van der Waals surface area contributed by atoms with E-state index in [4.69, 9.17) is 0 Å². The van der Waals surface area contributed by atoms with Crippen molar-refractivity contribution in [3.8, 4) is 0 Å². The van der Waals surface area contributed by atoms with E-state index in [9.17, 15) is 9.59 Å². The molecule has 25 heavy (non-hydrogen) atoms. The molecule has 6 heteroatoms. The molecule has 1 heterocycles. The van der Waals surface area contributed by atoms with E-state index in [1.165, 1.54) is 0 Å². The van der Waals surface area contributed by atoms with Crippen LogP contribution >= 0.6 is 0 Å². The second-order valence-corrected chi connectivity index (χ2v) is 6.84. The molecule has 0 aliphatic heterocycles. The summed E-state index contributed by atoms with van der Waals surface area (Å²) < 4.78 is 0. The third-order valence-electron chi connectivity index (χ3n) is 3.87. The molecule has 128 valence electrons. The van der Waals surface area contributed by atoms with Gasteiger partial charge in [0.2, 0.25) is 0 Å². The summed E-state index contributed by atoms with van der Waals surface area (Å²) in [6.07, 6.45) is 1.58. The summed E-state index contributed by atoms with van der Waals surface area (Å²) in [4.78, 5) is 31.5. The van der Waals surface area contributed by atoms with Crippen LogP contribution in [-0.4, -0.2) is 21.8 Å². The molecule has 2 aromatic carbocycles. The van der Waals surface area contributed by atoms with Gasteiger partial charge in [0.15, 0.2) is 0 Å². The Morgan fingerprint density at radius 2 is 1.72 bits per heavy atom. The number of hydrogen-bond acceptors (Lipinski definition) is 3. The molecule has 0 bridgehead atoms. The lowest BCUT2D eigenvalue weighted by atomic mass is 9.86. The van der Waals surface area contributed by atoms with E-state index in [0.29, 0.717) is 11.4 Å². The Bertz CT molecular complexity index is 938. The van der Waals surface area contributed by atoms with Crippen molar-refractivity contribution in [2.45, 2.75) is 26.2 Å². The number of carbonyl (C=O) groups is 2. The minimum atomic E-state index is -0.720. The molecule has 6 nitrogen and oxygen atoms in total. The van der Waals surface area contributed by atoms with Gasteiger partial charge in [0.25, 0.3) is 0 Å². The maximum Gasteiger partial charge on any atom is 0.314 e. The van der Waals surface area contributed by atoms with Gasteiger partial charge in [-0.1, -0.05) is 39.0 Å². The first kappa shape index (κ1) is 16.7. The molecule has 0 radical (unpaired) electrons. The summed E-state index contributed by atoms with van der Waals surface area (Å²) >= 11 is 0. The van der Waals surface area contributed by atoms with Gasteiger partial charge in [-0.3, -0.25) is 9.59 Å². The van der Waals surface area contributed by atoms with Crippen LogP contribution in [0.4, 0.5) is 11.4 Å². The first-order valence-corrected chi connectivity index (χ1v) is 7.99. The Balaban J connectivity index is 1.74. The van der Waals surface area contributed by atoms with Crippen LogP contribution in [0, 0.1) is 0 Å². The van der Waals surface area contributed by atoms with Crippen LogP contribution in [0.5, 0.6) is 0 Å². The van der Waals surface area contributed by atoms with Crippen LogP contribution < -0.4 is 10.6 Å². The third-order valence-corrected chi connectivity index (χ3v) is 3.87. The number of fused-ring (bicyclic) bond motifs is 1. The number of nitrogens with zero attached hydrogens (tertiary/aromatic N) is 1. The lowest BCUT2D eigenvalue weighted by molar-refractivity contribution is -0.133. The molecule has 0 aliphatic rings. The Labute approximate surface area is 145 Å². The minimum absolute atomic E-state index is 0.147. The number of nitrogens with one attached hydrogen (secondary N) is 3. The first-order valence-electron chi connectivity index (χ1n) is 7.99. The fourth-order valence-electron chi connectivity index (χ4n) is 2.63. The molecule has 0 unspecified atom stereocenters. The zero-order valence-corrected chi connectivity index (χ0v) is 14.4. The van der Waals surface area contributed by atoms with Gasteiger partial charge < -0.3 is 15.6 Å². The predicted octanol–water partition coefficient (Wildman–Crippen LogP) is 3.44. The molecule has 0 fully saturated rings. The third kappa shape index (κ3) is 3.68. The topological polar surface area (TPSA) is 86.9 Å². The Hall–Kier alpha value is -3.15. The second kappa shape index (κ2) is 6.39. The van der Waals surface area contributed by atoms with Crippen LogP contribution in [-0.2, 0) is 15.0 Å². The molecule has 0 saturated carbocycles. The van der Waals surface area contributed by atoms with Crippen molar-refractivity contribution in [2.24, 2.45) is 0 Å². The number of carbonyl (C=O) groups excluding carboxylic acids is 2. The van der Waals surface area contributed by atoms with E-state index in [0.717, 1.165) is 16.6 Å². The van der Waals surface area contributed by atoms with Gasteiger partial charge in [-0.25, -0.2) is 4.98 Å². The standard InChI is InChI=1S/C19H20N4O2/c1-19(2,3)13-6-4-5-7-14(13)23-18(25)17(24)22-12-8-9-15-16(10-12)21-11-20-15/h4-11H,1-3H3,(H,20,21)(H,22,24)(H,23,25). The fourth-order valence-corrected chi connectivity index (χ4v) is 2.63. The quantitative estimate of drug-likeness (QED) is 0.627. The zero-order chi connectivity index (χ0) is 18.0. The number of aromatic nitrogens is 2. The number of benzene rings is 2. The number of aromatic amines is 1. The smallest absolute Gasteiger partial charge is 0.314 e. The Kier molecular flexibility index (Phi) is 4.27. The van der Waals surface area contributed by atoms with Gasteiger partial charge in [-0.05, 0) is 35.2 Å². The molecular weight excluding hydrogens is 316 g/mol. The number of H-pyrrole nitrogens is 1. The highest BCUT2D eigenvalue weighted by Crippen LogP contribution is 2.29. The van der Waals surface area contributed by atoms with E-state index in [-0.39, 0.29) is 5.41 Å². The van der Waals surface area contributed by atoms with E-state index < -0.39 is 11.8 Å². The van der Waals surface area contributed by atoms with Crippen LogP contribution in [0.2, 0.25) is 0 Å². The van der Waals surface area contributed by atoms with E-state index in [1.807, 2.05) is 18.2 Å². The Morgan fingerprint density at radius 1 is 1.00 bits per heavy atom. The lowest BCUT2D eigenvalue weighted by Crippen LogP contribution is -2.30. The highest BCUT2D eigenvalue weighted by Gasteiger charge is 2.21. The average Bonchev–Trinajstić information content (AvgIpc) is 3.02. The SMILES string of the molecule is CC(C)(C)c1ccccc1NC(=O)C(=O)Nc1ccc2nc[nH]c2c1. The zero-order valence-electron chi connectivity index (χ0n) is 14.4. The molecule has 1 aromatic heterocycles. The van der Waals surface area contributed by atoms with Crippen LogP contribution in [0.15, 0.2) is 48.8 Å². The normalized spacial score (nSPS) is 11.3. The van der Waals surface area contributed by atoms with Crippen molar-refractivity contribution in [1.82, 2.24) is 9.97 Å². The minimum Gasteiger partial charge on any atom is -0.345 e. The molecule has 3 aromatic rings. The van der Waals surface area contributed by atoms with Gasteiger partial charge in [-0.2, -0.15) is 0 Å². The molecule has 3 rings (SSSR count). The van der Waals surface area contributed by atoms with Crippen LogP contribution in [0.25, 0.3) is 11.0 Å². The van der Waals surface area contributed by atoms with Crippen LogP contribution in [0.1, 0.15) is 26.3 Å². The van der Waals surface area contributed by atoms with E-state index in [1.54, 1.807) is 30.6 Å². The number of imidazole rings is 1. The number of anilines is 2. The summed E-state index contributed by atoms with van der Waals surface area (Å²) in [5.74, 6) is -1.43. The average molecular weight is 336 g/mol. The van der Waals surface area contributed by atoms with Crippen LogP contribution in [0.3, 0.4) is 0 Å². The van der Waals surface area contributed by atoms with Crippen molar-refractivity contribution in [3.05, 3.63) is 54.4 Å². The van der Waals surface area contributed by atoms with Gasteiger partial charge in [0, 0.05) is 11.4 Å². The number of rotatable bonds is 2. The molecule has 0 aliphatic carbocycles. The van der Waals surface area contributed by atoms with Crippen molar-refractivity contribution in [3.63, 3.8) is 0 Å². The highest BCUT2D eigenvalue weighted by atomic mass is 16.2. The number of hydrogen-bond donors (Lipinski definition) is 3. The largest absolute Gasteiger partial charge is 0.345 e. The van der Waals surface area contributed by atoms with Gasteiger partial charge >= 0.3 is 11.8 Å². The van der Waals surface area contributed by atoms with Crippen molar-refractivity contribution in [1.29, 1.82) is 0 Å². The molecule has 3 N–H and O–H groups in total. The molecular formula is C19H20N4O2. The number of amides is 2. The lowest BCUT2D eigenvalue weighted by Gasteiger charge is -2.22. The summed E-state index contributed by atoms with van der Waals surface area (Å²) in [5, 5.41) is 5.30. The van der Waals surface area contributed by atoms with Crippen molar-refractivity contribution >= 4 is 34.2 Å². The van der Waals surface area contributed by atoms with Crippen molar-refractivity contribution < 1.29 is 9.59 Å². The maximum atomic E-state index is 12.3. The van der Waals surface area contributed by atoms with E-state index in [2.05, 4.69) is 41.4 Å². The number of para-hydroxylation sites is 1. The van der Waals surface area contributed by atoms with Gasteiger partial charge in [0.1, 0.15) is 0 Å². The summed E-state index contributed by atoms with van der Waals surface area (Å²) in [6, 6.07) is 12.7. The molecule has 0 saturated heterocycles. The summed E-state index contributed by atoms with van der Waals surface area (Å²) in [5.41, 5.74) is 3.57. The Morgan fingerprint density at radius 3 is 2.48 bits per heavy atom. The molecule has 2 amide bonds. The summed E-state index contributed by atoms with van der Waals surface area (Å²) in [7, 11) is 0. The maximum absolute atomic E-state index is 12.3. The fraction of sp³-hybridized carbons (Fsp3) is 0.211. The predicted molar refractivity (Wildman–Crippen MR) is 98.5 cm³/mol. The highest BCUT2D eigenvalue weighted by molar-refractivity contribution is 6.43. The van der Waals surface area contributed by atoms with E-state index >= 15 is 0 Å². The molecule has 0 spiro atoms. The first-order chi connectivity index (χ1) is 11.8. The monoisotopic (exact) mass is 336 g/mol. The molecule has 0 atom stereocenters. The van der Waals surface area contributed by atoms with Gasteiger partial charge in [-0.15, -0.1) is 0 Å².